The Balaban J connectivity index is 1.73. The molecule has 0 saturated heterocycles. The molecular weight excluding hydrogens is 328 g/mol. The van der Waals surface area contributed by atoms with Crippen LogP contribution >= 0.6 is 0 Å². The van der Waals surface area contributed by atoms with Crippen molar-refractivity contribution in [3.63, 3.8) is 0 Å². The first-order valence-electron chi connectivity index (χ1n) is 8.96. The summed E-state index contributed by atoms with van der Waals surface area (Å²) >= 11 is 0. The smallest absolute Gasteiger partial charge is 0.255 e. The normalized spacial score (nSPS) is 10.3. The fourth-order valence-corrected chi connectivity index (χ4v) is 2.48. The molecular formula is C20H26N4O2. The summed E-state index contributed by atoms with van der Waals surface area (Å²) < 4.78 is 0. The lowest BCUT2D eigenvalue weighted by Gasteiger charge is -2.07. The summed E-state index contributed by atoms with van der Waals surface area (Å²) in [5, 5.41) is 5.72. The van der Waals surface area contributed by atoms with E-state index in [-0.39, 0.29) is 11.8 Å². The maximum absolute atomic E-state index is 12.2. The molecule has 0 fully saturated rings. The summed E-state index contributed by atoms with van der Waals surface area (Å²) in [4.78, 5) is 27.9. The van der Waals surface area contributed by atoms with E-state index in [2.05, 4.69) is 15.6 Å². The molecule has 4 N–H and O–H groups in total. The summed E-state index contributed by atoms with van der Waals surface area (Å²) in [5.41, 5.74) is 7.67. The molecule has 6 heteroatoms. The lowest BCUT2D eigenvalue weighted by molar-refractivity contribution is -0.121. The molecule has 2 aromatic rings. The van der Waals surface area contributed by atoms with Gasteiger partial charge < -0.3 is 16.4 Å². The van der Waals surface area contributed by atoms with Crippen molar-refractivity contribution in [1.29, 1.82) is 0 Å². The quantitative estimate of drug-likeness (QED) is 0.572. The van der Waals surface area contributed by atoms with Crippen LogP contribution < -0.4 is 16.4 Å². The van der Waals surface area contributed by atoms with Crippen molar-refractivity contribution in [2.45, 2.75) is 38.6 Å². The molecule has 1 heterocycles. The third-order valence-corrected chi connectivity index (χ3v) is 4.00. The van der Waals surface area contributed by atoms with Crippen LogP contribution in [0, 0.1) is 0 Å². The SMILES string of the molecule is NCCCCCCC(=O)NCc1ccc(C(=O)Nc2ccncc2)cc1. The lowest BCUT2D eigenvalue weighted by atomic mass is 10.1. The van der Waals surface area contributed by atoms with Gasteiger partial charge in [0.15, 0.2) is 0 Å². The fraction of sp³-hybridized carbons (Fsp3) is 0.350. The van der Waals surface area contributed by atoms with Gasteiger partial charge in [0, 0.05) is 36.6 Å². The van der Waals surface area contributed by atoms with Crippen LogP contribution in [-0.2, 0) is 11.3 Å². The van der Waals surface area contributed by atoms with Gasteiger partial charge >= 0.3 is 0 Å². The van der Waals surface area contributed by atoms with Gasteiger partial charge in [0.1, 0.15) is 0 Å². The number of nitrogens with zero attached hydrogens (tertiary/aromatic N) is 1. The highest BCUT2D eigenvalue weighted by molar-refractivity contribution is 6.04. The number of unbranched alkanes of at least 4 members (excludes halogenated alkanes) is 3. The molecule has 0 atom stereocenters. The van der Waals surface area contributed by atoms with Gasteiger partial charge in [-0.1, -0.05) is 25.0 Å². The maximum atomic E-state index is 12.2. The highest BCUT2D eigenvalue weighted by Gasteiger charge is 2.06. The van der Waals surface area contributed by atoms with Crippen molar-refractivity contribution in [3.8, 4) is 0 Å². The topological polar surface area (TPSA) is 97.1 Å². The molecule has 0 spiro atoms. The molecule has 0 aliphatic heterocycles. The van der Waals surface area contributed by atoms with Crippen molar-refractivity contribution in [3.05, 3.63) is 59.9 Å². The predicted octanol–water partition coefficient (Wildman–Crippen LogP) is 2.86. The molecule has 6 nitrogen and oxygen atoms in total. The fourth-order valence-electron chi connectivity index (χ4n) is 2.48. The van der Waals surface area contributed by atoms with Crippen LogP contribution in [0.1, 0.15) is 48.0 Å². The Kier molecular flexibility index (Phi) is 8.29. The number of pyridine rings is 1. The summed E-state index contributed by atoms with van der Waals surface area (Å²) in [6.07, 6.45) is 7.80. The number of rotatable bonds is 10. The second-order valence-electron chi connectivity index (χ2n) is 6.12. The summed E-state index contributed by atoms with van der Waals surface area (Å²) in [6, 6.07) is 10.7. The van der Waals surface area contributed by atoms with Gasteiger partial charge in [-0.2, -0.15) is 0 Å². The van der Waals surface area contributed by atoms with E-state index in [1.807, 2.05) is 12.1 Å². The second-order valence-corrected chi connectivity index (χ2v) is 6.12. The number of carbonyl (C=O) groups is 2. The molecule has 1 aromatic heterocycles. The number of benzene rings is 1. The number of amides is 2. The Bertz CT molecular complexity index is 687. The van der Waals surface area contributed by atoms with Crippen LogP contribution in [0.25, 0.3) is 0 Å². The van der Waals surface area contributed by atoms with E-state index in [9.17, 15) is 9.59 Å². The van der Waals surface area contributed by atoms with Crippen LogP contribution in [0.4, 0.5) is 5.69 Å². The van der Waals surface area contributed by atoms with E-state index in [1.54, 1.807) is 36.7 Å². The summed E-state index contributed by atoms with van der Waals surface area (Å²) in [6.45, 7) is 1.18. The highest BCUT2D eigenvalue weighted by atomic mass is 16.2. The van der Waals surface area contributed by atoms with Crippen molar-refractivity contribution in [2.75, 3.05) is 11.9 Å². The summed E-state index contributed by atoms with van der Waals surface area (Å²) in [5.74, 6) is -0.124. The minimum absolute atomic E-state index is 0.0530. The zero-order chi connectivity index (χ0) is 18.6. The molecule has 2 amide bonds. The maximum Gasteiger partial charge on any atom is 0.255 e. The van der Waals surface area contributed by atoms with Crippen molar-refractivity contribution in [2.24, 2.45) is 5.73 Å². The molecule has 0 radical (unpaired) electrons. The monoisotopic (exact) mass is 354 g/mol. The number of nitrogens with two attached hydrogens (primary N) is 1. The molecule has 2 rings (SSSR count). The molecule has 0 aliphatic rings. The first-order chi connectivity index (χ1) is 12.7. The zero-order valence-corrected chi connectivity index (χ0v) is 14.9. The number of hydrogen-bond donors (Lipinski definition) is 3. The molecule has 1 aromatic carbocycles. The Hall–Kier alpha value is -2.73. The minimum Gasteiger partial charge on any atom is -0.352 e. The zero-order valence-electron chi connectivity index (χ0n) is 14.9. The Labute approximate surface area is 154 Å². The third-order valence-electron chi connectivity index (χ3n) is 4.00. The Morgan fingerprint density at radius 2 is 1.62 bits per heavy atom. The van der Waals surface area contributed by atoms with Gasteiger partial charge in [0.05, 0.1) is 0 Å². The van der Waals surface area contributed by atoms with E-state index in [0.29, 0.717) is 30.8 Å². The van der Waals surface area contributed by atoms with E-state index in [4.69, 9.17) is 5.73 Å². The van der Waals surface area contributed by atoms with Crippen molar-refractivity contribution < 1.29 is 9.59 Å². The van der Waals surface area contributed by atoms with Gasteiger partial charge in [-0.05, 0) is 49.2 Å². The van der Waals surface area contributed by atoms with E-state index >= 15 is 0 Å². The average molecular weight is 354 g/mol. The van der Waals surface area contributed by atoms with Crippen molar-refractivity contribution >= 4 is 17.5 Å². The Morgan fingerprint density at radius 1 is 0.923 bits per heavy atom. The molecule has 0 saturated carbocycles. The van der Waals surface area contributed by atoms with E-state index in [0.717, 1.165) is 31.2 Å². The molecule has 0 bridgehead atoms. The van der Waals surface area contributed by atoms with Gasteiger partial charge in [0.25, 0.3) is 5.91 Å². The predicted molar refractivity (Wildman–Crippen MR) is 103 cm³/mol. The first-order valence-corrected chi connectivity index (χ1v) is 8.96. The van der Waals surface area contributed by atoms with Crippen LogP contribution in [0.15, 0.2) is 48.8 Å². The average Bonchev–Trinajstić information content (AvgIpc) is 2.67. The van der Waals surface area contributed by atoms with Gasteiger partial charge in [0.2, 0.25) is 5.91 Å². The number of nitrogens with one attached hydrogen (secondary N) is 2. The number of aromatic nitrogens is 1. The van der Waals surface area contributed by atoms with Gasteiger partial charge in [-0.15, -0.1) is 0 Å². The van der Waals surface area contributed by atoms with Crippen LogP contribution in [0.3, 0.4) is 0 Å². The van der Waals surface area contributed by atoms with Gasteiger partial charge in [-0.3, -0.25) is 14.6 Å². The molecule has 26 heavy (non-hydrogen) atoms. The third kappa shape index (κ3) is 7.03. The van der Waals surface area contributed by atoms with E-state index < -0.39 is 0 Å². The first kappa shape index (κ1) is 19.6. The van der Waals surface area contributed by atoms with Crippen LogP contribution in [-0.4, -0.2) is 23.3 Å². The second kappa shape index (κ2) is 11.0. The van der Waals surface area contributed by atoms with Crippen LogP contribution in [0.5, 0.6) is 0 Å². The minimum atomic E-state index is -0.177. The molecule has 138 valence electrons. The number of anilines is 1. The van der Waals surface area contributed by atoms with Gasteiger partial charge in [-0.25, -0.2) is 0 Å². The largest absolute Gasteiger partial charge is 0.352 e. The standard InChI is InChI=1S/C20H26N4O2/c21-12-4-2-1-3-5-19(25)23-15-16-6-8-17(9-7-16)20(26)24-18-10-13-22-14-11-18/h6-11,13-14H,1-5,12,15,21H2,(H,23,25)(H,22,24,26). The number of hydrogen-bond acceptors (Lipinski definition) is 4. The van der Waals surface area contributed by atoms with E-state index in [1.165, 1.54) is 0 Å². The van der Waals surface area contributed by atoms with Crippen molar-refractivity contribution in [1.82, 2.24) is 10.3 Å². The molecule has 0 aliphatic carbocycles. The highest BCUT2D eigenvalue weighted by Crippen LogP contribution is 2.09. The summed E-state index contributed by atoms with van der Waals surface area (Å²) in [7, 11) is 0. The Morgan fingerprint density at radius 3 is 2.31 bits per heavy atom. The van der Waals surface area contributed by atoms with Crippen LogP contribution in [0.2, 0.25) is 0 Å². The number of carbonyl (C=O) groups excluding carboxylic acids is 2. The lowest BCUT2D eigenvalue weighted by Crippen LogP contribution is -2.22. The molecule has 0 unspecified atom stereocenters.